The zero-order chi connectivity index (χ0) is 55.3. The molecule has 0 radical (unpaired) electrons. The van der Waals surface area contributed by atoms with Crippen LogP contribution in [0.3, 0.4) is 0 Å². The number of hydrogen-bond donors (Lipinski definition) is 8. The van der Waals surface area contributed by atoms with Crippen LogP contribution < -0.4 is 11.4 Å². The quantitative estimate of drug-likeness (QED) is 0.0102. The molecule has 2 heterocycles. The number of carbonyl (C=O) groups is 2. The van der Waals surface area contributed by atoms with E-state index in [0.29, 0.717) is 12.8 Å². The SMILES string of the molecule is CC/C=C\C[C@@H](O)/C=C/C=C/C=C\C=C/[C@H](O)[C@@H](O)CCCC(=O)OC[C@H](COP(=O)(O)OP(=O)(O)OC[C@H]1O[C@@H](n2ccc(N)nc2=O)[C@H](O)[C@@H]1O)OC(=O)CCCCCCCCC/C=C\CCCCCCCC. The molecule has 0 amide bonds. The smallest absolute Gasteiger partial charge is 0.462 e. The number of carbonyl (C=O) groups excluding carboxylic acids is 2. The van der Waals surface area contributed by atoms with E-state index in [4.69, 9.17) is 29.0 Å². The Morgan fingerprint density at radius 2 is 1.33 bits per heavy atom. The first-order valence-corrected chi connectivity index (χ1v) is 29.3. The largest absolute Gasteiger partial charge is 0.481 e. The summed E-state index contributed by atoms with van der Waals surface area (Å²) in [7, 11) is -11.0. The molecule has 75 heavy (non-hydrogen) atoms. The number of aromatic nitrogens is 2. The number of hydrogen-bond acceptors (Lipinski definition) is 18. The molecule has 0 aliphatic carbocycles. The van der Waals surface area contributed by atoms with Gasteiger partial charge in [0.2, 0.25) is 0 Å². The van der Waals surface area contributed by atoms with E-state index in [1.54, 1.807) is 36.5 Å². The van der Waals surface area contributed by atoms with Crippen LogP contribution in [0.15, 0.2) is 90.0 Å². The summed E-state index contributed by atoms with van der Waals surface area (Å²) in [4.78, 5) is 62.0. The van der Waals surface area contributed by atoms with Gasteiger partial charge in [-0.2, -0.15) is 9.29 Å². The number of phosphoric acid groups is 2. The molecule has 426 valence electrons. The predicted octanol–water partition coefficient (Wildman–Crippen LogP) is 7.80. The first kappa shape index (κ1) is 67.2. The maximum absolute atomic E-state index is 12.9. The van der Waals surface area contributed by atoms with Gasteiger partial charge in [-0.1, -0.05) is 151 Å². The lowest BCUT2D eigenvalue weighted by molar-refractivity contribution is -0.161. The van der Waals surface area contributed by atoms with Gasteiger partial charge < -0.3 is 55.3 Å². The normalized spacial score (nSPS) is 20.7. The van der Waals surface area contributed by atoms with Gasteiger partial charge in [-0.05, 0) is 63.9 Å². The highest BCUT2D eigenvalue weighted by molar-refractivity contribution is 7.61. The molecule has 1 fully saturated rings. The summed E-state index contributed by atoms with van der Waals surface area (Å²) in [6.07, 6.45) is 29.1. The molecule has 1 aliphatic rings. The van der Waals surface area contributed by atoms with Gasteiger partial charge in [0.1, 0.15) is 30.7 Å². The second-order valence-corrected chi connectivity index (χ2v) is 21.3. The average Bonchev–Trinajstić information content (AvgIpc) is 3.64. The highest BCUT2D eigenvalue weighted by Crippen LogP contribution is 2.60. The van der Waals surface area contributed by atoms with E-state index < -0.39 is 102 Å². The average molecular weight is 1100 g/mol. The Hall–Kier alpha value is -3.92. The Balaban J connectivity index is 1.88. The van der Waals surface area contributed by atoms with Crippen LogP contribution in [0.25, 0.3) is 0 Å². The van der Waals surface area contributed by atoms with Crippen molar-refractivity contribution in [1.29, 1.82) is 0 Å². The fraction of sp³-hybridized carbons (Fsp3) is 0.654. The molecule has 10 atom stereocenters. The minimum absolute atomic E-state index is 0.00439. The van der Waals surface area contributed by atoms with Gasteiger partial charge >= 0.3 is 33.3 Å². The molecule has 1 saturated heterocycles. The fourth-order valence-electron chi connectivity index (χ4n) is 7.41. The number of phosphoric ester groups is 2. The lowest BCUT2D eigenvalue weighted by atomic mass is 10.1. The Morgan fingerprint density at radius 1 is 0.747 bits per heavy atom. The number of rotatable bonds is 42. The fourth-order valence-corrected chi connectivity index (χ4v) is 9.52. The van der Waals surface area contributed by atoms with Crippen molar-refractivity contribution in [1.82, 2.24) is 9.55 Å². The number of nitrogens with two attached hydrogens (primary N) is 1. The Kier molecular flexibility index (Phi) is 35.3. The van der Waals surface area contributed by atoms with E-state index in [1.807, 2.05) is 19.1 Å². The van der Waals surface area contributed by atoms with E-state index in [-0.39, 0.29) is 31.5 Å². The van der Waals surface area contributed by atoms with E-state index >= 15 is 0 Å². The third kappa shape index (κ3) is 31.8. The molecule has 1 aromatic rings. The summed E-state index contributed by atoms with van der Waals surface area (Å²) in [6, 6.07) is 1.23. The number of unbranched alkanes of at least 4 members (excludes halogenated alkanes) is 13. The Labute approximate surface area is 442 Å². The molecule has 0 bridgehead atoms. The second kappa shape index (κ2) is 39.4. The number of esters is 2. The molecule has 1 aromatic heterocycles. The van der Waals surface area contributed by atoms with Crippen LogP contribution in [0.5, 0.6) is 0 Å². The summed E-state index contributed by atoms with van der Waals surface area (Å²) in [6.45, 7) is 1.62. The minimum atomic E-state index is -5.51. The van der Waals surface area contributed by atoms with E-state index in [2.05, 4.69) is 28.4 Å². The maximum atomic E-state index is 12.9. The zero-order valence-corrected chi connectivity index (χ0v) is 45.4. The second-order valence-electron chi connectivity index (χ2n) is 18.2. The number of ether oxygens (including phenoxy) is 3. The van der Waals surface area contributed by atoms with Gasteiger partial charge in [0.25, 0.3) is 0 Å². The Morgan fingerprint density at radius 3 is 1.97 bits per heavy atom. The van der Waals surface area contributed by atoms with Crippen molar-refractivity contribution in [2.45, 2.75) is 198 Å². The van der Waals surface area contributed by atoms with E-state index in [1.165, 1.54) is 56.7 Å². The standard InChI is InChI=1S/C52H85N3O18P2/c1-3-5-7-8-9-10-11-12-13-14-15-16-17-18-19-24-28-34-48(60)71-42(38-68-47(59)35-29-33-44(58)43(57)32-27-23-21-20-22-26-31-41(56)30-25-6-4-2)39-69-74(64,65)73-75(66,67)70-40-45-49(61)50(62)51(72-45)55-37-36-46(53)54-52(55)63/h6,12-13,20-23,25-27,31-32,36-37,41-45,49-51,56-58,61-62H,3-5,7-11,14-19,24,28-30,33-35,38-40H2,1-2H3,(H,64,65)(H,66,67)(H2,53,54,63)/b13-12-,22-20+,23-21-,25-6-,31-26+,32-27-/t41-,42-,43+,44+,45-,49-,50-,51-/m1/s1. The van der Waals surface area contributed by atoms with Crippen molar-refractivity contribution >= 4 is 33.4 Å². The van der Waals surface area contributed by atoms with Gasteiger partial charge in [-0.3, -0.25) is 23.2 Å². The summed E-state index contributed by atoms with van der Waals surface area (Å²) < 4.78 is 56.5. The van der Waals surface area contributed by atoms with E-state index in [9.17, 15) is 58.8 Å². The zero-order valence-electron chi connectivity index (χ0n) is 43.7. The van der Waals surface area contributed by atoms with Crippen molar-refractivity contribution in [2.24, 2.45) is 0 Å². The predicted molar refractivity (Wildman–Crippen MR) is 283 cm³/mol. The number of nitrogen functional groups attached to an aromatic ring is 1. The van der Waals surface area contributed by atoms with Crippen molar-refractivity contribution in [3.8, 4) is 0 Å². The molecule has 21 nitrogen and oxygen atoms in total. The first-order valence-electron chi connectivity index (χ1n) is 26.3. The van der Waals surface area contributed by atoms with E-state index in [0.717, 1.165) is 68.6 Å². The van der Waals surface area contributed by atoms with Crippen LogP contribution in [-0.4, -0.2) is 119 Å². The molecule has 23 heteroatoms. The van der Waals surface area contributed by atoms with Gasteiger partial charge in [0.05, 0.1) is 31.5 Å². The Bertz CT molecular complexity index is 2100. The third-order valence-electron chi connectivity index (χ3n) is 11.6. The first-order chi connectivity index (χ1) is 35.9. The van der Waals surface area contributed by atoms with Crippen molar-refractivity contribution in [2.75, 3.05) is 25.6 Å². The maximum Gasteiger partial charge on any atom is 0.481 e. The third-order valence-corrected chi connectivity index (χ3v) is 14.2. The van der Waals surface area contributed by atoms with Crippen LogP contribution >= 0.6 is 15.6 Å². The highest BCUT2D eigenvalue weighted by Gasteiger charge is 2.46. The summed E-state index contributed by atoms with van der Waals surface area (Å²) in [5.74, 6) is -1.66. The van der Waals surface area contributed by atoms with Gasteiger partial charge in [-0.25, -0.2) is 13.9 Å². The molecule has 9 N–H and O–H groups in total. The molecule has 2 unspecified atom stereocenters. The number of aliphatic hydroxyl groups excluding tert-OH is 5. The molecule has 0 saturated carbocycles. The van der Waals surface area contributed by atoms with Crippen LogP contribution in [0.1, 0.15) is 155 Å². The monoisotopic (exact) mass is 1100 g/mol. The number of allylic oxidation sites excluding steroid dienone is 9. The summed E-state index contributed by atoms with van der Waals surface area (Å²) >= 11 is 0. The van der Waals surface area contributed by atoms with Crippen LogP contribution in [0.4, 0.5) is 5.82 Å². The van der Waals surface area contributed by atoms with Crippen LogP contribution in [0, 0.1) is 0 Å². The molecule has 2 rings (SSSR count). The molecule has 1 aliphatic heterocycles. The lowest BCUT2D eigenvalue weighted by Crippen LogP contribution is -2.36. The van der Waals surface area contributed by atoms with Crippen molar-refractivity contribution < 1.29 is 81.6 Å². The number of aliphatic hydroxyl groups is 5. The van der Waals surface area contributed by atoms with Gasteiger partial charge in [0, 0.05) is 19.0 Å². The molecule has 0 spiro atoms. The van der Waals surface area contributed by atoms with Crippen LogP contribution in [-0.2, 0) is 46.3 Å². The van der Waals surface area contributed by atoms with Gasteiger partial charge in [-0.15, -0.1) is 0 Å². The highest BCUT2D eigenvalue weighted by atomic mass is 31.3. The molecular weight excluding hydrogens is 1020 g/mol. The molecular formula is C52H85N3O18P2. The summed E-state index contributed by atoms with van der Waals surface area (Å²) in [5.41, 5.74) is 4.56. The minimum Gasteiger partial charge on any atom is -0.462 e. The van der Waals surface area contributed by atoms with Crippen LogP contribution in [0.2, 0.25) is 0 Å². The summed E-state index contributed by atoms with van der Waals surface area (Å²) in [5, 5.41) is 51.6. The topological polar surface area (TPSA) is 326 Å². The number of anilines is 1. The van der Waals surface area contributed by atoms with Gasteiger partial charge in [0.15, 0.2) is 12.3 Å². The molecule has 0 aromatic carbocycles. The number of nitrogens with zero attached hydrogens (tertiary/aromatic N) is 2. The van der Waals surface area contributed by atoms with Crippen molar-refractivity contribution in [3.05, 3.63) is 95.7 Å². The lowest BCUT2D eigenvalue weighted by Gasteiger charge is -2.21. The van der Waals surface area contributed by atoms with Crippen molar-refractivity contribution in [3.63, 3.8) is 0 Å².